The highest BCUT2D eigenvalue weighted by atomic mass is 16.4. The molecule has 0 aromatic heterocycles. The van der Waals surface area contributed by atoms with Crippen molar-refractivity contribution in [3.05, 3.63) is 34.9 Å². The molecule has 0 aliphatic carbocycles. The van der Waals surface area contributed by atoms with E-state index in [2.05, 4.69) is 10.6 Å². The van der Waals surface area contributed by atoms with E-state index < -0.39 is 29.9 Å². The van der Waals surface area contributed by atoms with E-state index >= 15 is 0 Å². The topological polar surface area (TPSA) is 133 Å². The van der Waals surface area contributed by atoms with Gasteiger partial charge in [-0.2, -0.15) is 0 Å². The summed E-state index contributed by atoms with van der Waals surface area (Å²) in [5, 5.41) is 14.0. The third kappa shape index (κ3) is 4.28. The quantitative estimate of drug-likeness (QED) is 0.580. The predicted molar refractivity (Wildman–Crippen MR) is 101 cm³/mol. The van der Waals surface area contributed by atoms with Crippen LogP contribution in [0.25, 0.3) is 0 Å². The zero-order valence-electron chi connectivity index (χ0n) is 16.1. The number of benzene rings is 1. The number of amides is 4. The lowest BCUT2D eigenvalue weighted by Crippen LogP contribution is -2.52. The van der Waals surface area contributed by atoms with Crippen LogP contribution in [-0.2, 0) is 20.9 Å². The zero-order valence-corrected chi connectivity index (χ0v) is 16.1. The molecule has 2 aliphatic rings. The second-order valence-corrected chi connectivity index (χ2v) is 7.28. The Kier molecular flexibility index (Phi) is 5.95. The standard InChI is InChI=1S/C20H23N3O6/c1-2-3-4-14(20(28)29)21-17(25)11-5-6-12-10-23(19(27)13(12)9-11)15-7-8-16(24)22-18(15)26/h5-6,9,14-15H,2-4,7-8,10H2,1H3,(H,21,25)(H,28,29)(H,22,24,26)/t14-,15?/m0/s1. The number of carboxylic acids is 1. The van der Waals surface area contributed by atoms with E-state index in [4.69, 9.17) is 0 Å². The fourth-order valence-electron chi connectivity index (χ4n) is 3.60. The molecule has 0 saturated carbocycles. The molecule has 1 aromatic rings. The molecule has 154 valence electrons. The van der Waals surface area contributed by atoms with Crippen LogP contribution >= 0.6 is 0 Å². The first kappa shape index (κ1) is 20.5. The van der Waals surface area contributed by atoms with Crippen LogP contribution in [0.2, 0.25) is 0 Å². The number of hydrogen-bond acceptors (Lipinski definition) is 5. The highest BCUT2D eigenvalue weighted by Gasteiger charge is 2.39. The Morgan fingerprint density at radius 3 is 2.72 bits per heavy atom. The average Bonchev–Trinajstić information content (AvgIpc) is 3.00. The third-order valence-corrected chi connectivity index (χ3v) is 5.24. The van der Waals surface area contributed by atoms with Gasteiger partial charge in [0.15, 0.2) is 0 Å². The number of aliphatic carboxylic acids is 1. The maximum absolute atomic E-state index is 12.8. The number of piperidine rings is 1. The number of rotatable bonds is 7. The van der Waals surface area contributed by atoms with Crippen molar-refractivity contribution in [3.63, 3.8) is 0 Å². The van der Waals surface area contributed by atoms with Crippen molar-refractivity contribution < 1.29 is 29.1 Å². The van der Waals surface area contributed by atoms with Gasteiger partial charge in [0.1, 0.15) is 12.1 Å². The second-order valence-electron chi connectivity index (χ2n) is 7.28. The summed E-state index contributed by atoms with van der Waals surface area (Å²) in [6, 6.07) is 2.88. The molecule has 29 heavy (non-hydrogen) atoms. The van der Waals surface area contributed by atoms with E-state index in [1.54, 1.807) is 6.07 Å². The first-order chi connectivity index (χ1) is 13.8. The third-order valence-electron chi connectivity index (χ3n) is 5.24. The number of unbranched alkanes of at least 4 members (excludes halogenated alkanes) is 1. The minimum absolute atomic E-state index is 0.165. The van der Waals surface area contributed by atoms with Gasteiger partial charge in [-0.1, -0.05) is 25.8 Å². The summed E-state index contributed by atoms with van der Waals surface area (Å²) in [5.41, 5.74) is 1.17. The molecule has 0 radical (unpaired) electrons. The van der Waals surface area contributed by atoms with Crippen LogP contribution in [0, 0.1) is 0 Å². The van der Waals surface area contributed by atoms with Crippen molar-refractivity contribution in [3.8, 4) is 0 Å². The second kappa shape index (κ2) is 8.42. The number of carbonyl (C=O) groups is 5. The summed E-state index contributed by atoms with van der Waals surface area (Å²) in [4.78, 5) is 61.5. The summed E-state index contributed by atoms with van der Waals surface area (Å²) >= 11 is 0. The highest BCUT2D eigenvalue weighted by molar-refractivity contribution is 6.06. The lowest BCUT2D eigenvalue weighted by Gasteiger charge is -2.29. The number of nitrogens with zero attached hydrogens (tertiary/aromatic N) is 1. The predicted octanol–water partition coefficient (Wildman–Crippen LogP) is 0.821. The molecular weight excluding hydrogens is 378 g/mol. The molecule has 1 unspecified atom stereocenters. The largest absolute Gasteiger partial charge is 0.480 e. The number of carboxylic acid groups (broad SMARTS) is 1. The molecule has 9 nitrogen and oxygen atoms in total. The lowest BCUT2D eigenvalue weighted by molar-refractivity contribution is -0.139. The number of imide groups is 1. The number of hydrogen-bond donors (Lipinski definition) is 3. The summed E-state index contributed by atoms with van der Waals surface area (Å²) in [6.07, 6.45) is 2.22. The molecule has 0 spiro atoms. The smallest absolute Gasteiger partial charge is 0.326 e. The summed E-state index contributed by atoms with van der Waals surface area (Å²) in [7, 11) is 0. The van der Waals surface area contributed by atoms with Gasteiger partial charge in [0.2, 0.25) is 11.8 Å². The van der Waals surface area contributed by atoms with Crippen molar-refractivity contribution in [2.45, 2.75) is 57.7 Å². The van der Waals surface area contributed by atoms with Gasteiger partial charge in [-0.25, -0.2) is 4.79 Å². The Hall–Kier alpha value is -3.23. The molecule has 3 rings (SSSR count). The fraction of sp³-hybridized carbons (Fsp3) is 0.450. The minimum atomic E-state index is -1.10. The molecular formula is C20H23N3O6. The molecule has 1 fully saturated rings. The fourth-order valence-corrected chi connectivity index (χ4v) is 3.60. The maximum atomic E-state index is 12.8. The lowest BCUT2D eigenvalue weighted by atomic mass is 10.0. The Morgan fingerprint density at radius 1 is 1.31 bits per heavy atom. The Labute approximate surface area is 167 Å². The van der Waals surface area contributed by atoms with Gasteiger partial charge in [-0.15, -0.1) is 0 Å². The van der Waals surface area contributed by atoms with Gasteiger partial charge in [-0.3, -0.25) is 24.5 Å². The van der Waals surface area contributed by atoms with Gasteiger partial charge in [-0.05, 0) is 30.5 Å². The van der Waals surface area contributed by atoms with Crippen LogP contribution in [-0.4, -0.2) is 51.7 Å². The molecule has 1 aromatic carbocycles. The van der Waals surface area contributed by atoms with Crippen LogP contribution in [0.3, 0.4) is 0 Å². The van der Waals surface area contributed by atoms with Gasteiger partial charge < -0.3 is 15.3 Å². The van der Waals surface area contributed by atoms with Crippen molar-refractivity contribution in [1.82, 2.24) is 15.5 Å². The number of nitrogens with one attached hydrogen (secondary N) is 2. The minimum Gasteiger partial charge on any atom is -0.480 e. The van der Waals surface area contributed by atoms with E-state index in [0.717, 1.165) is 6.42 Å². The van der Waals surface area contributed by atoms with Crippen molar-refractivity contribution in [2.24, 2.45) is 0 Å². The van der Waals surface area contributed by atoms with Crippen molar-refractivity contribution >= 4 is 29.6 Å². The first-order valence-electron chi connectivity index (χ1n) is 9.63. The molecule has 2 aliphatic heterocycles. The number of fused-ring (bicyclic) bond motifs is 1. The highest BCUT2D eigenvalue weighted by Crippen LogP contribution is 2.28. The van der Waals surface area contributed by atoms with Gasteiger partial charge >= 0.3 is 5.97 Å². The summed E-state index contributed by atoms with van der Waals surface area (Å²) in [5.74, 6) is -2.91. The van der Waals surface area contributed by atoms with E-state index in [9.17, 15) is 29.1 Å². The monoisotopic (exact) mass is 401 g/mol. The molecule has 3 N–H and O–H groups in total. The Balaban J connectivity index is 1.74. The van der Waals surface area contributed by atoms with Gasteiger partial charge in [0.25, 0.3) is 11.8 Å². The zero-order chi connectivity index (χ0) is 21.1. The van der Waals surface area contributed by atoms with Crippen molar-refractivity contribution in [1.29, 1.82) is 0 Å². The van der Waals surface area contributed by atoms with Crippen LogP contribution in [0.5, 0.6) is 0 Å². The normalized spacial score (nSPS) is 19.6. The van der Waals surface area contributed by atoms with Crippen LogP contribution in [0.1, 0.15) is 65.3 Å². The van der Waals surface area contributed by atoms with E-state index in [0.29, 0.717) is 24.0 Å². The Bertz CT molecular complexity index is 881. The van der Waals surface area contributed by atoms with Crippen LogP contribution in [0.4, 0.5) is 0 Å². The van der Waals surface area contributed by atoms with E-state index in [1.165, 1.54) is 17.0 Å². The summed E-state index contributed by atoms with van der Waals surface area (Å²) in [6.45, 7) is 2.15. The number of carbonyl (C=O) groups excluding carboxylic acids is 4. The van der Waals surface area contributed by atoms with Gasteiger partial charge in [0, 0.05) is 24.1 Å². The van der Waals surface area contributed by atoms with E-state index in [1.807, 2.05) is 6.92 Å². The summed E-state index contributed by atoms with van der Waals surface area (Å²) < 4.78 is 0. The van der Waals surface area contributed by atoms with Crippen molar-refractivity contribution in [2.75, 3.05) is 0 Å². The molecule has 4 amide bonds. The van der Waals surface area contributed by atoms with E-state index in [-0.39, 0.29) is 36.8 Å². The maximum Gasteiger partial charge on any atom is 0.326 e. The SMILES string of the molecule is CCCC[C@H](NC(=O)c1ccc2c(c1)C(=O)N(C1CCC(=O)NC1=O)C2)C(=O)O. The Morgan fingerprint density at radius 2 is 2.07 bits per heavy atom. The molecule has 1 saturated heterocycles. The molecule has 0 bridgehead atoms. The van der Waals surface area contributed by atoms with Crippen LogP contribution < -0.4 is 10.6 Å². The molecule has 9 heteroatoms. The average molecular weight is 401 g/mol. The first-order valence-corrected chi connectivity index (χ1v) is 9.63. The van der Waals surface area contributed by atoms with Gasteiger partial charge in [0.05, 0.1) is 0 Å². The molecule has 2 heterocycles. The van der Waals surface area contributed by atoms with Crippen LogP contribution in [0.15, 0.2) is 18.2 Å². The molecule has 2 atom stereocenters.